The van der Waals surface area contributed by atoms with E-state index in [0.29, 0.717) is 24.3 Å². The second-order valence-corrected chi connectivity index (χ2v) is 19.6. The van der Waals surface area contributed by atoms with Crippen LogP contribution in [0.15, 0.2) is 226 Å². The van der Waals surface area contributed by atoms with Gasteiger partial charge in [-0.1, -0.05) is 149 Å². The molecule has 10 N–H and O–H groups in total. The minimum atomic E-state index is -0.186. The Morgan fingerprint density at radius 3 is 1.59 bits per heavy atom. The van der Waals surface area contributed by atoms with E-state index in [1.807, 2.05) is 134 Å². The Morgan fingerprint density at radius 2 is 1.00 bits per heavy atom. The van der Waals surface area contributed by atoms with Crippen molar-refractivity contribution in [2.24, 2.45) is 0 Å². The highest BCUT2D eigenvalue weighted by molar-refractivity contribution is 6.33. The summed E-state index contributed by atoms with van der Waals surface area (Å²) in [6, 6.07) is 56.4. The number of aromatic amines is 4. The summed E-state index contributed by atoms with van der Waals surface area (Å²) in [7, 11) is 2.23. The molecule has 15 rings (SSSR count). The molecule has 2 amide bonds. The highest BCUT2D eigenvalue weighted by Crippen LogP contribution is 2.42. The fourth-order valence-corrected chi connectivity index (χ4v) is 9.76. The summed E-state index contributed by atoms with van der Waals surface area (Å²) in [5.41, 5.74) is 20.3. The third-order valence-electron chi connectivity index (χ3n) is 13.5. The van der Waals surface area contributed by atoms with Crippen molar-refractivity contribution in [1.82, 2.24) is 59.8 Å². The number of halogens is 1. The van der Waals surface area contributed by atoms with E-state index in [0.717, 1.165) is 101 Å². The molecule has 14 aromatic rings. The number of H-pyrrole nitrogens is 4. The first-order chi connectivity index (χ1) is 43.6. The van der Waals surface area contributed by atoms with Crippen molar-refractivity contribution in [3.8, 4) is 45.3 Å². The smallest absolute Gasteiger partial charge is 0.536 e. The van der Waals surface area contributed by atoms with Crippen LogP contribution in [-0.4, -0.2) is 91.4 Å². The van der Waals surface area contributed by atoms with Gasteiger partial charge in [-0.2, -0.15) is 0 Å². The average molecular weight is 1250 g/mol. The summed E-state index contributed by atoms with van der Waals surface area (Å²) in [5.74, 6) is 1.02. The lowest BCUT2D eigenvalue weighted by Crippen LogP contribution is -2.11. The molecule has 6 aromatic carbocycles. The number of ether oxygens (including phenoxy) is 1. The van der Waals surface area contributed by atoms with Crippen LogP contribution in [-0.2, 0) is 9.59 Å². The predicted molar refractivity (Wildman–Crippen MR) is 370 cm³/mol. The summed E-state index contributed by atoms with van der Waals surface area (Å²) in [4.78, 5) is 68.0. The van der Waals surface area contributed by atoms with Crippen molar-refractivity contribution in [2.45, 2.75) is 42.2 Å². The SMILES string of the molecule is C.C.C.CC(=O)Nc1ccccc1-c1ncnc2[nH]ccc12.CC(=O)Nc1ccccc1O[B]O.COc1ccccc1.Clc1ncnc2[nH]ccc12.Nc1ccccc1-c1ncnc2[nH]ccc12.c1ccc(C2Nc3ccccc3-c3ncnc4[nH]cc2c34)cc1. The highest BCUT2D eigenvalue weighted by atomic mass is 35.5. The molecule has 465 valence electrons. The molecule has 1 aliphatic heterocycles. The monoisotopic (exact) mass is 1250 g/mol. The maximum absolute atomic E-state index is 11.3. The van der Waals surface area contributed by atoms with Crippen molar-refractivity contribution < 1.29 is 24.0 Å². The van der Waals surface area contributed by atoms with Gasteiger partial charge in [0, 0.05) is 83.0 Å². The Kier molecular flexibility index (Phi) is 24.3. The molecule has 0 fully saturated rings. The van der Waals surface area contributed by atoms with Gasteiger partial charge in [-0.3, -0.25) is 9.59 Å². The second-order valence-electron chi connectivity index (χ2n) is 19.3. The van der Waals surface area contributed by atoms with Crippen LogP contribution in [0.1, 0.15) is 53.3 Å². The number of nitrogen functional groups attached to an aromatic ring is 1. The van der Waals surface area contributed by atoms with E-state index >= 15 is 0 Å². The first-order valence-electron chi connectivity index (χ1n) is 27.6. The Hall–Kier alpha value is -11.7. The molecule has 8 aromatic heterocycles. The summed E-state index contributed by atoms with van der Waals surface area (Å²) >= 11 is 5.73. The van der Waals surface area contributed by atoms with Crippen LogP contribution >= 0.6 is 11.6 Å². The van der Waals surface area contributed by atoms with Crippen LogP contribution < -0.4 is 31.1 Å². The van der Waals surface area contributed by atoms with Crippen molar-refractivity contribution in [1.29, 1.82) is 0 Å². The number of nitrogens with one attached hydrogen (secondary N) is 7. The van der Waals surface area contributed by atoms with Gasteiger partial charge >= 0.3 is 7.69 Å². The summed E-state index contributed by atoms with van der Waals surface area (Å²) in [5, 5.41) is 21.9. The third-order valence-corrected chi connectivity index (χ3v) is 13.8. The minimum Gasteiger partial charge on any atom is -0.536 e. The fourth-order valence-electron chi connectivity index (χ4n) is 9.57. The molecular formula is C69H69BClN16O5. The zero-order valence-corrected chi connectivity index (χ0v) is 48.9. The molecule has 0 bridgehead atoms. The van der Waals surface area contributed by atoms with Crippen LogP contribution in [0.5, 0.6) is 11.5 Å². The molecule has 92 heavy (non-hydrogen) atoms. The fraction of sp³-hybridized carbons (Fsp3) is 0.101. The third kappa shape index (κ3) is 16.5. The van der Waals surface area contributed by atoms with Gasteiger partial charge in [0.1, 0.15) is 64.6 Å². The number of fused-ring (bicyclic) bond motifs is 5. The number of benzene rings is 6. The highest BCUT2D eigenvalue weighted by Gasteiger charge is 2.26. The Labute approximate surface area is 537 Å². The quantitative estimate of drug-likeness (QED) is 0.0388. The average Bonchev–Trinajstić information content (AvgIpc) is 1.60. The molecule has 0 spiro atoms. The standard InChI is InChI=1S/C19H14N4.C14H12N4O.C12H10N4.C8H9BNO3.C7H8O.C6H4ClN3.3CH4/c1-2-6-12(7-3-1)17-14-10-20-19-16(14)18(21-11-22-19)13-8-4-5-9-15(13)23-17;1-9(19)18-12-5-3-2-4-10(12)13-11-6-7-15-14(11)17-8-16-13;13-10-4-2-1-3-8(10)11-9-5-6-14-12(9)16-7-15-11;1-6(11)10-7-4-2-3-5-8(7)13-9-12;1-8-7-5-3-2-4-6-7;7-5-4-1-2-8-6(4)10-3-9-5;;;/h1-11,17,23H,(H,20,21,22);2-8H,1H3,(H,18,19)(H,15,16,17);1-7H,13H2,(H,14,15,16);2-5,12H,1H3,(H,10,11);2-6H,1H3;1-3H,(H,8,9,10);3*1H4. The number of nitrogens with two attached hydrogens (primary N) is 1. The number of nitrogens with zero attached hydrogens (tertiary/aromatic N) is 8. The van der Waals surface area contributed by atoms with Crippen molar-refractivity contribution in [3.05, 3.63) is 242 Å². The van der Waals surface area contributed by atoms with Crippen LogP contribution in [0.2, 0.25) is 5.15 Å². The molecule has 0 saturated carbocycles. The number of anilines is 4. The maximum atomic E-state index is 11.3. The Balaban J connectivity index is 0.000000160. The van der Waals surface area contributed by atoms with Gasteiger partial charge < -0.3 is 56.0 Å². The lowest BCUT2D eigenvalue weighted by molar-refractivity contribution is -0.115. The number of hydrogen-bond acceptors (Lipinski definition) is 15. The van der Waals surface area contributed by atoms with E-state index in [2.05, 4.69) is 112 Å². The van der Waals surface area contributed by atoms with Crippen molar-refractivity contribution in [2.75, 3.05) is 28.8 Å². The number of para-hydroxylation sites is 6. The zero-order valence-electron chi connectivity index (χ0n) is 48.1. The number of hydrogen-bond donors (Lipinski definition) is 9. The molecule has 23 heteroatoms. The maximum Gasteiger partial charge on any atom is 0.569 e. The number of aromatic nitrogens is 12. The van der Waals surface area contributed by atoms with Gasteiger partial charge in [0.05, 0.1) is 52.4 Å². The first kappa shape index (κ1) is 67.8. The summed E-state index contributed by atoms with van der Waals surface area (Å²) < 4.78 is 9.67. The Bertz CT molecular complexity index is 4640. The number of methoxy groups -OCH3 is 1. The molecular weight excluding hydrogens is 1180 g/mol. The predicted octanol–water partition coefficient (Wildman–Crippen LogP) is 14.7. The van der Waals surface area contributed by atoms with Gasteiger partial charge in [0.2, 0.25) is 11.8 Å². The normalized spacial score (nSPS) is 11.2. The summed E-state index contributed by atoms with van der Waals surface area (Å²) in [6.07, 6.45) is 13.6. The van der Waals surface area contributed by atoms with Gasteiger partial charge in [0.15, 0.2) is 0 Å². The lowest BCUT2D eigenvalue weighted by atomic mass is 9.99. The van der Waals surface area contributed by atoms with Gasteiger partial charge in [-0.05, 0) is 66.2 Å². The van der Waals surface area contributed by atoms with Crippen molar-refractivity contribution in [3.63, 3.8) is 0 Å². The molecule has 1 unspecified atom stereocenters. The van der Waals surface area contributed by atoms with Gasteiger partial charge in [-0.25, -0.2) is 39.9 Å². The molecule has 9 heterocycles. The number of rotatable bonds is 8. The van der Waals surface area contributed by atoms with E-state index in [1.54, 1.807) is 50.2 Å². The largest absolute Gasteiger partial charge is 0.569 e. The first-order valence-corrected chi connectivity index (χ1v) is 28.0. The van der Waals surface area contributed by atoms with Crippen molar-refractivity contribution >= 4 is 98.0 Å². The van der Waals surface area contributed by atoms with E-state index in [4.69, 9.17) is 31.7 Å². The number of carbonyl (C=O) groups is 2. The van der Waals surface area contributed by atoms with Crippen LogP contribution in [0.25, 0.3) is 77.9 Å². The minimum absolute atomic E-state index is 0. The molecule has 1 radical (unpaired) electrons. The van der Waals surface area contributed by atoms with Crippen LogP contribution in [0.4, 0.5) is 22.7 Å². The molecule has 1 atom stereocenters. The molecule has 21 nitrogen and oxygen atoms in total. The molecule has 0 saturated heterocycles. The van der Waals surface area contributed by atoms with Crippen LogP contribution in [0.3, 0.4) is 0 Å². The van der Waals surface area contributed by atoms with Crippen LogP contribution in [0, 0.1) is 0 Å². The molecule has 1 aliphatic rings. The second kappa shape index (κ2) is 33.0. The topological polar surface area (TPSA) is 301 Å². The van der Waals surface area contributed by atoms with Gasteiger partial charge in [0.25, 0.3) is 0 Å². The Morgan fingerprint density at radius 1 is 0.522 bits per heavy atom. The van der Waals surface area contributed by atoms with Gasteiger partial charge in [-0.15, -0.1) is 0 Å². The van der Waals surface area contributed by atoms with E-state index in [9.17, 15) is 9.59 Å². The number of carbonyl (C=O) groups excluding carboxylic acids is 2. The summed E-state index contributed by atoms with van der Waals surface area (Å²) in [6.45, 7) is 2.89. The zero-order chi connectivity index (χ0) is 61.9. The molecule has 0 aliphatic carbocycles. The van der Waals surface area contributed by atoms with E-state index in [-0.39, 0.29) is 40.1 Å². The lowest BCUT2D eigenvalue weighted by Gasteiger charge is -2.19. The van der Waals surface area contributed by atoms with E-state index < -0.39 is 0 Å². The number of amides is 2. The van der Waals surface area contributed by atoms with E-state index in [1.165, 1.54) is 37.6 Å².